The van der Waals surface area contributed by atoms with Gasteiger partial charge >= 0.3 is 0 Å². The van der Waals surface area contributed by atoms with Gasteiger partial charge in [0.1, 0.15) is 17.7 Å². The van der Waals surface area contributed by atoms with Crippen LogP contribution in [0.4, 0.5) is 8.78 Å². The van der Waals surface area contributed by atoms with E-state index in [1.165, 1.54) is 12.1 Å². The summed E-state index contributed by atoms with van der Waals surface area (Å²) < 4.78 is 55.6. The van der Waals surface area contributed by atoms with Crippen molar-refractivity contribution in [1.29, 1.82) is 0 Å². The van der Waals surface area contributed by atoms with Gasteiger partial charge < -0.3 is 16.0 Å². The zero-order valence-corrected chi connectivity index (χ0v) is 30.4. The second-order valence-corrected chi connectivity index (χ2v) is 15.4. The van der Waals surface area contributed by atoms with Gasteiger partial charge in [-0.3, -0.25) is 9.59 Å². The molecule has 2 amide bonds. The molecule has 7 nitrogen and oxygen atoms in total. The Bertz CT molecular complexity index is 1620. The lowest BCUT2D eigenvalue weighted by Gasteiger charge is -2.32. The smallest absolute Gasteiger partial charge is 0.251 e. The number of nitrogens with zero attached hydrogens (tertiary/aromatic N) is 1. The molecule has 3 aromatic rings. The lowest BCUT2D eigenvalue weighted by molar-refractivity contribution is -0.134. The minimum absolute atomic E-state index is 0.124. The number of hydrogen-bond acceptors (Lipinski definition) is 5. The Morgan fingerprint density at radius 3 is 1.98 bits per heavy atom. The zero-order valence-electron chi connectivity index (χ0n) is 29.6. The normalized spacial score (nSPS) is 13.6. The van der Waals surface area contributed by atoms with Gasteiger partial charge in [-0.25, -0.2) is 17.2 Å². The van der Waals surface area contributed by atoms with Gasteiger partial charge in [-0.2, -0.15) is 0 Å². The van der Waals surface area contributed by atoms with Crippen LogP contribution in [-0.4, -0.2) is 54.8 Å². The van der Waals surface area contributed by atoms with E-state index in [2.05, 4.69) is 5.32 Å². The van der Waals surface area contributed by atoms with E-state index in [1.807, 2.05) is 65.0 Å². The van der Waals surface area contributed by atoms with E-state index in [0.717, 1.165) is 29.2 Å². The van der Waals surface area contributed by atoms with E-state index >= 15 is 0 Å². The van der Waals surface area contributed by atoms with Crippen LogP contribution in [0.2, 0.25) is 0 Å². The van der Waals surface area contributed by atoms with Gasteiger partial charge in [0.05, 0.1) is 11.0 Å². The summed E-state index contributed by atoms with van der Waals surface area (Å²) >= 11 is 0. The molecule has 1 unspecified atom stereocenters. The number of nitrogens with two attached hydrogens (primary N) is 1. The van der Waals surface area contributed by atoms with Crippen molar-refractivity contribution < 1.29 is 26.8 Å². The van der Waals surface area contributed by atoms with Crippen molar-refractivity contribution in [1.82, 2.24) is 10.2 Å². The second kappa shape index (κ2) is 18.9. The molecule has 49 heavy (non-hydrogen) atoms. The summed E-state index contributed by atoms with van der Waals surface area (Å²) in [6.07, 6.45) is 3.93. The molecule has 0 fully saturated rings. The molecule has 0 saturated carbocycles. The predicted molar refractivity (Wildman–Crippen MR) is 193 cm³/mol. The Labute approximate surface area is 291 Å². The monoisotopic (exact) mass is 697 g/mol. The molecule has 0 heterocycles. The van der Waals surface area contributed by atoms with Crippen molar-refractivity contribution in [2.45, 2.75) is 103 Å². The summed E-state index contributed by atoms with van der Waals surface area (Å²) in [6, 6.07) is 16.2. The highest BCUT2D eigenvalue weighted by atomic mass is 32.2. The van der Waals surface area contributed by atoms with Crippen LogP contribution in [-0.2, 0) is 40.4 Å². The number of benzene rings is 3. The van der Waals surface area contributed by atoms with E-state index in [0.29, 0.717) is 43.2 Å². The van der Waals surface area contributed by atoms with Crippen LogP contribution in [0.3, 0.4) is 0 Å². The molecule has 0 bridgehead atoms. The van der Waals surface area contributed by atoms with Crippen molar-refractivity contribution in [3.63, 3.8) is 0 Å². The van der Waals surface area contributed by atoms with Crippen LogP contribution in [0.25, 0.3) is 0 Å². The molecule has 0 radical (unpaired) electrons. The first-order valence-corrected chi connectivity index (χ1v) is 19.2. The topological polar surface area (TPSA) is 110 Å². The quantitative estimate of drug-likeness (QED) is 0.143. The van der Waals surface area contributed by atoms with Gasteiger partial charge in [0.15, 0.2) is 9.84 Å². The third-order valence-corrected chi connectivity index (χ3v) is 11.3. The van der Waals surface area contributed by atoms with E-state index in [-0.39, 0.29) is 25.4 Å². The lowest BCUT2D eigenvalue weighted by atomic mass is 9.94. The molecule has 0 saturated heterocycles. The molecule has 3 N–H and O–H groups in total. The molecule has 3 aromatic carbocycles. The van der Waals surface area contributed by atoms with Gasteiger partial charge in [0, 0.05) is 30.8 Å². The minimum atomic E-state index is -3.80. The largest absolute Gasteiger partial charge is 0.339 e. The van der Waals surface area contributed by atoms with Gasteiger partial charge in [0.25, 0.3) is 5.91 Å². The fourth-order valence-electron chi connectivity index (χ4n) is 6.17. The Kier molecular flexibility index (Phi) is 15.4. The maximum Gasteiger partial charge on any atom is 0.251 e. The Hall–Kier alpha value is -3.63. The maximum absolute atomic E-state index is 14.6. The molecule has 0 aromatic heterocycles. The Morgan fingerprint density at radius 2 is 1.39 bits per heavy atom. The average Bonchev–Trinajstić information content (AvgIpc) is 3.06. The first kappa shape index (κ1) is 39.8. The summed E-state index contributed by atoms with van der Waals surface area (Å²) in [4.78, 5) is 29.8. The number of halogens is 2. The predicted octanol–water partition coefficient (Wildman–Crippen LogP) is 6.81. The van der Waals surface area contributed by atoms with Crippen LogP contribution in [0.1, 0.15) is 92.9 Å². The number of sulfone groups is 1. The van der Waals surface area contributed by atoms with Crippen LogP contribution >= 0.6 is 0 Å². The maximum atomic E-state index is 14.6. The average molecular weight is 698 g/mol. The molecule has 0 aliphatic heterocycles. The molecular weight excluding hydrogens is 645 g/mol. The zero-order chi connectivity index (χ0) is 36.1. The first-order chi connectivity index (χ1) is 23.3. The summed E-state index contributed by atoms with van der Waals surface area (Å²) in [5, 5.41) is 2.17. The Balaban J connectivity index is 2.01. The number of carbonyl (C=O) groups excluding carboxylic acids is 2. The number of rotatable bonds is 19. The molecule has 0 aliphatic rings. The van der Waals surface area contributed by atoms with Crippen molar-refractivity contribution >= 4 is 21.7 Å². The summed E-state index contributed by atoms with van der Waals surface area (Å²) in [6.45, 7) is 9.99. The highest BCUT2D eigenvalue weighted by molar-refractivity contribution is 7.92. The van der Waals surface area contributed by atoms with Gasteiger partial charge in [-0.05, 0) is 84.5 Å². The van der Waals surface area contributed by atoms with Gasteiger partial charge in [-0.15, -0.1) is 0 Å². The van der Waals surface area contributed by atoms with Crippen molar-refractivity contribution in [3.05, 3.63) is 106 Å². The van der Waals surface area contributed by atoms with E-state index in [4.69, 9.17) is 5.73 Å². The summed E-state index contributed by atoms with van der Waals surface area (Å²) in [5.74, 6) is -3.35. The summed E-state index contributed by atoms with van der Waals surface area (Å²) in [5.41, 5.74) is 10.2. The lowest BCUT2D eigenvalue weighted by Crippen LogP contribution is -2.54. The third-order valence-electron chi connectivity index (χ3n) is 9.05. The highest BCUT2D eigenvalue weighted by Gasteiger charge is 2.35. The highest BCUT2D eigenvalue weighted by Crippen LogP contribution is 2.21. The number of nitrogens with one attached hydrogen (secondary N) is 1. The van der Waals surface area contributed by atoms with Crippen LogP contribution in [0, 0.1) is 17.6 Å². The van der Waals surface area contributed by atoms with E-state index < -0.39 is 56.4 Å². The SMILES string of the molecule is CCCC(CCC)S(=O)(=O)CC(NC(=O)c1cccc(CC)c1)C(=O)N(Cc1cccc(CC)c1)C[C@@H](C)[C@@H](N)Cc1cc(F)cc(F)c1. The third kappa shape index (κ3) is 12.0. The summed E-state index contributed by atoms with van der Waals surface area (Å²) in [7, 11) is -3.80. The van der Waals surface area contributed by atoms with Gasteiger partial charge in [0.2, 0.25) is 5.91 Å². The molecule has 0 aliphatic carbocycles. The molecule has 3 atom stereocenters. The number of amides is 2. The van der Waals surface area contributed by atoms with Crippen LogP contribution < -0.4 is 11.1 Å². The van der Waals surface area contributed by atoms with E-state index in [9.17, 15) is 26.8 Å². The minimum Gasteiger partial charge on any atom is -0.339 e. The molecule has 3 rings (SSSR count). The number of aryl methyl sites for hydroxylation is 2. The van der Waals surface area contributed by atoms with Crippen molar-refractivity contribution in [3.8, 4) is 0 Å². The van der Waals surface area contributed by atoms with Crippen molar-refractivity contribution in [2.75, 3.05) is 12.3 Å². The van der Waals surface area contributed by atoms with Crippen LogP contribution in [0.15, 0.2) is 66.7 Å². The van der Waals surface area contributed by atoms with Gasteiger partial charge in [-0.1, -0.05) is 83.9 Å². The molecule has 268 valence electrons. The standard InChI is InChI=1S/C39H53F2N3O4S/c1-6-12-35(13-7-2)49(47,48)26-37(43-38(45)32-17-11-15-29(9-4)19-32)39(46)44(25-30-16-10-14-28(8-3)18-30)24-27(5)36(42)22-31-20-33(40)23-34(41)21-31/h10-11,14-21,23,27,35-37H,6-9,12-13,22,24-26,42H2,1-5H3,(H,43,45)/t27-,36+,37?/m1/s1. The molecule has 10 heteroatoms. The van der Waals surface area contributed by atoms with E-state index in [1.54, 1.807) is 23.1 Å². The fourth-order valence-corrected chi connectivity index (χ4v) is 8.32. The first-order valence-electron chi connectivity index (χ1n) is 17.5. The Morgan fingerprint density at radius 1 is 0.816 bits per heavy atom. The fraction of sp³-hybridized carbons (Fsp3) is 0.487. The van der Waals surface area contributed by atoms with Crippen LogP contribution in [0.5, 0.6) is 0 Å². The second-order valence-electron chi connectivity index (χ2n) is 13.1. The number of carbonyl (C=O) groups is 2. The van der Waals surface area contributed by atoms with Crippen molar-refractivity contribution in [2.24, 2.45) is 11.7 Å². The molecule has 0 spiro atoms. The number of hydrogen-bond donors (Lipinski definition) is 2. The molecular formula is C39H53F2N3O4S.